The Morgan fingerprint density at radius 1 is 1.40 bits per heavy atom. The fraction of sp³-hybridized carbons (Fsp3) is 0.500. The number of nitrogens with two attached hydrogens (primary N) is 1. The lowest BCUT2D eigenvalue weighted by Gasteiger charge is -2.22. The van der Waals surface area contributed by atoms with Gasteiger partial charge in [0.1, 0.15) is 0 Å². The van der Waals surface area contributed by atoms with Crippen molar-refractivity contribution in [2.75, 3.05) is 0 Å². The van der Waals surface area contributed by atoms with Crippen LogP contribution in [-0.2, 0) is 11.3 Å². The van der Waals surface area contributed by atoms with Gasteiger partial charge in [0.15, 0.2) is 0 Å². The molecule has 2 rings (SSSR count). The molecule has 1 fully saturated rings. The number of carboxylic acid groups (broad SMARTS) is 1. The van der Waals surface area contributed by atoms with E-state index in [0.29, 0.717) is 12.1 Å². The zero-order valence-electron chi connectivity index (χ0n) is 11.3. The molecule has 0 aliphatic heterocycles. The Balaban J connectivity index is 1.87. The third-order valence-electron chi connectivity index (χ3n) is 3.64. The van der Waals surface area contributed by atoms with Gasteiger partial charge in [0.05, 0.1) is 17.8 Å². The van der Waals surface area contributed by atoms with Crippen LogP contribution in [0, 0.1) is 0 Å². The van der Waals surface area contributed by atoms with E-state index in [1.807, 2.05) is 0 Å². The lowest BCUT2D eigenvalue weighted by molar-refractivity contribution is -0.122. The highest BCUT2D eigenvalue weighted by molar-refractivity contribution is 5.87. The number of carbonyl (C=O) groups is 2. The topological polar surface area (TPSA) is 105 Å². The van der Waals surface area contributed by atoms with E-state index in [0.717, 1.165) is 25.7 Å². The highest BCUT2D eigenvalue weighted by atomic mass is 16.4. The summed E-state index contributed by atoms with van der Waals surface area (Å²) in [5, 5.41) is 11.6. The fourth-order valence-corrected chi connectivity index (χ4v) is 2.54. The lowest BCUT2D eigenvalue weighted by atomic mass is 9.94. The molecule has 0 bridgehead atoms. The summed E-state index contributed by atoms with van der Waals surface area (Å²) in [5.74, 6) is -1.12. The molecule has 0 radical (unpaired) electrons. The minimum absolute atomic E-state index is 0.114. The molecule has 108 valence electrons. The van der Waals surface area contributed by atoms with Crippen LogP contribution >= 0.6 is 0 Å². The predicted octanol–water partition coefficient (Wildman–Crippen LogP) is 1.06. The number of aromatic carboxylic acids is 1. The monoisotopic (exact) mass is 277 g/mol. The molecule has 1 aliphatic rings. The second-order valence-corrected chi connectivity index (χ2v) is 5.36. The summed E-state index contributed by atoms with van der Waals surface area (Å²) in [6, 6.07) is 2.87. The quantitative estimate of drug-likeness (QED) is 0.746. The van der Waals surface area contributed by atoms with E-state index in [1.54, 1.807) is 0 Å². The van der Waals surface area contributed by atoms with E-state index in [9.17, 15) is 9.59 Å². The van der Waals surface area contributed by atoms with Crippen LogP contribution in [0.15, 0.2) is 18.3 Å². The summed E-state index contributed by atoms with van der Waals surface area (Å²) in [6.07, 6.45) is 5.65. The van der Waals surface area contributed by atoms with Gasteiger partial charge in [-0.1, -0.05) is 12.8 Å². The first kappa shape index (κ1) is 14.5. The van der Waals surface area contributed by atoms with E-state index in [-0.39, 0.29) is 23.6 Å². The second kappa shape index (κ2) is 6.00. The van der Waals surface area contributed by atoms with E-state index in [1.165, 1.54) is 18.3 Å². The minimum Gasteiger partial charge on any atom is -0.478 e. The summed E-state index contributed by atoms with van der Waals surface area (Å²) < 4.78 is 0. The maximum atomic E-state index is 11.9. The Labute approximate surface area is 117 Å². The molecule has 0 spiro atoms. The number of rotatable bonds is 5. The number of nitrogens with zero attached hydrogens (tertiary/aromatic N) is 1. The van der Waals surface area contributed by atoms with Crippen molar-refractivity contribution in [1.82, 2.24) is 10.3 Å². The second-order valence-electron chi connectivity index (χ2n) is 5.36. The first-order chi connectivity index (χ1) is 9.48. The summed E-state index contributed by atoms with van der Waals surface area (Å²) in [6.45, 7) is 0.218. The Hall–Kier alpha value is -1.95. The molecular weight excluding hydrogens is 258 g/mol. The van der Waals surface area contributed by atoms with Crippen molar-refractivity contribution in [3.8, 4) is 0 Å². The van der Waals surface area contributed by atoms with Gasteiger partial charge >= 0.3 is 5.97 Å². The van der Waals surface area contributed by atoms with E-state index in [2.05, 4.69) is 10.3 Å². The third-order valence-corrected chi connectivity index (χ3v) is 3.64. The third kappa shape index (κ3) is 3.77. The van der Waals surface area contributed by atoms with Crippen LogP contribution in [0.2, 0.25) is 0 Å². The molecule has 1 amide bonds. The molecule has 1 aromatic rings. The van der Waals surface area contributed by atoms with Crippen LogP contribution < -0.4 is 11.1 Å². The number of carbonyl (C=O) groups excluding carboxylic acids is 1. The van der Waals surface area contributed by atoms with Crippen molar-refractivity contribution in [2.24, 2.45) is 5.73 Å². The van der Waals surface area contributed by atoms with E-state index >= 15 is 0 Å². The van der Waals surface area contributed by atoms with Crippen LogP contribution in [0.5, 0.6) is 0 Å². The van der Waals surface area contributed by atoms with Gasteiger partial charge < -0.3 is 16.2 Å². The summed E-state index contributed by atoms with van der Waals surface area (Å²) in [5.41, 5.74) is 6.45. The number of pyridine rings is 1. The normalized spacial score (nSPS) is 16.9. The van der Waals surface area contributed by atoms with Gasteiger partial charge in [-0.2, -0.15) is 0 Å². The standard InChI is InChI=1S/C14H19N3O3/c15-14(4-1-2-5-14)8-12(18)17-9-11-7-10(13(19)20)3-6-16-11/h3,6-7H,1-2,4-5,8-9,15H2,(H,17,18)(H,19,20). The molecule has 6 nitrogen and oxygen atoms in total. The zero-order chi connectivity index (χ0) is 14.6. The van der Waals surface area contributed by atoms with Gasteiger partial charge in [-0.3, -0.25) is 9.78 Å². The predicted molar refractivity (Wildman–Crippen MR) is 73.0 cm³/mol. The van der Waals surface area contributed by atoms with Crippen molar-refractivity contribution in [3.63, 3.8) is 0 Å². The van der Waals surface area contributed by atoms with Crippen molar-refractivity contribution in [3.05, 3.63) is 29.6 Å². The van der Waals surface area contributed by atoms with Crippen molar-refractivity contribution in [2.45, 2.75) is 44.2 Å². The maximum absolute atomic E-state index is 11.9. The number of nitrogens with one attached hydrogen (secondary N) is 1. The van der Waals surface area contributed by atoms with Gasteiger partial charge in [-0.05, 0) is 25.0 Å². The van der Waals surface area contributed by atoms with Gasteiger partial charge in [0.25, 0.3) is 0 Å². The summed E-state index contributed by atoms with van der Waals surface area (Å²) in [7, 11) is 0. The number of hydrogen-bond donors (Lipinski definition) is 3. The maximum Gasteiger partial charge on any atom is 0.335 e. The highest BCUT2D eigenvalue weighted by Gasteiger charge is 2.31. The molecule has 20 heavy (non-hydrogen) atoms. The van der Waals surface area contributed by atoms with Crippen LogP contribution in [0.3, 0.4) is 0 Å². The van der Waals surface area contributed by atoms with Crippen LogP contribution in [0.25, 0.3) is 0 Å². The number of hydrogen-bond acceptors (Lipinski definition) is 4. The minimum atomic E-state index is -1.01. The van der Waals surface area contributed by atoms with E-state index in [4.69, 9.17) is 10.8 Å². The summed E-state index contributed by atoms with van der Waals surface area (Å²) >= 11 is 0. The number of aromatic nitrogens is 1. The van der Waals surface area contributed by atoms with Gasteiger partial charge in [0, 0.05) is 18.2 Å². The molecule has 6 heteroatoms. The van der Waals surface area contributed by atoms with Crippen molar-refractivity contribution in [1.29, 1.82) is 0 Å². The largest absolute Gasteiger partial charge is 0.478 e. The van der Waals surface area contributed by atoms with Crippen molar-refractivity contribution < 1.29 is 14.7 Å². The number of amides is 1. The van der Waals surface area contributed by atoms with Gasteiger partial charge in [-0.25, -0.2) is 4.79 Å². The molecule has 0 atom stereocenters. The van der Waals surface area contributed by atoms with E-state index < -0.39 is 5.97 Å². The molecule has 0 unspecified atom stereocenters. The molecule has 0 saturated heterocycles. The van der Waals surface area contributed by atoms with Crippen LogP contribution in [-0.4, -0.2) is 27.5 Å². The smallest absolute Gasteiger partial charge is 0.335 e. The first-order valence-corrected chi connectivity index (χ1v) is 6.72. The molecule has 1 saturated carbocycles. The van der Waals surface area contributed by atoms with Gasteiger partial charge in [0.2, 0.25) is 5.91 Å². The highest BCUT2D eigenvalue weighted by Crippen LogP contribution is 2.29. The molecular formula is C14H19N3O3. The Kier molecular flexibility index (Phi) is 4.34. The van der Waals surface area contributed by atoms with Gasteiger partial charge in [-0.15, -0.1) is 0 Å². The molecule has 4 N–H and O–H groups in total. The first-order valence-electron chi connectivity index (χ1n) is 6.72. The zero-order valence-corrected chi connectivity index (χ0v) is 11.3. The SMILES string of the molecule is NC1(CC(=O)NCc2cc(C(=O)O)ccn2)CCCC1. The van der Waals surface area contributed by atoms with Crippen LogP contribution in [0.4, 0.5) is 0 Å². The number of carboxylic acids is 1. The molecule has 1 aliphatic carbocycles. The Bertz CT molecular complexity index is 510. The molecule has 0 aromatic carbocycles. The lowest BCUT2D eigenvalue weighted by Crippen LogP contribution is -2.42. The van der Waals surface area contributed by atoms with Crippen LogP contribution in [0.1, 0.15) is 48.2 Å². The average Bonchev–Trinajstić information content (AvgIpc) is 2.83. The van der Waals surface area contributed by atoms with Crippen molar-refractivity contribution >= 4 is 11.9 Å². The average molecular weight is 277 g/mol. The summed E-state index contributed by atoms with van der Waals surface area (Å²) in [4.78, 5) is 26.7. The fourth-order valence-electron chi connectivity index (χ4n) is 2.54. The Morgan fingerprint density at radius 2 is 2.10 bits per heavy atom. The Morgan fingerprint density at radius 3 is 2.75 bits per heavy atom. The molecule has 1 heterocycles. The molecule has 1 aromatic heterocycles.